The molecular formula is C12H17BrN2O3S2. The first-order valence-corrected chi connectivity index (χ1v) is 9.70. The first kappa shape index (κ1) is 14.9. The van der Waals surface area contributed by atoms with Crippen molar-refractivity contribution in [1.82, 2.24) is 9.21 Å². The number of piperazine rings is 1. The molecule has 0 aromatic carbocycles. The molecule has 2 saturated heterocycles. The van der Waals surface area contributed by atoms with Crippen molar-refractivity contribution in [1.29, 1.82) is 0 Å². The van der Waals surface area contributed by atoms with Crippen LogP contribution in [0.1, 0.15) is 17.7 Å². The normalized spacial score (nSPS) is 25.0. The second-order valence-corrected chi connectivity index (χ2v) is 9.56. The first-order valence-electron chi connectivity index (χ1n) is 6.65. The maximum atomic E-state index is 12.7. The van der Waals surface area contributed by atoms with E-state index in [1.54, 1.807) is 10.4 Å². The molecule has 1 atom stereocenters. The van der Waals surface area contributed by atoms with Gasteiger partial charge < -0.3 is 5.11 Å². The molecule has 1 N–H and O–H groups in total. The lowest BCUT2D eigenvalue weighted by molar-refractivity contribution is 0.158. The highest BCUT2D eigenvalue weighted by molar-refractivity contribution is 9.11. The van der Waals surface area contributed by atoms with Crippen LogP contribution in [0.3, 0.4) is 0 Å². The van der Waals surface area contributed by atoms with Crippen molar-refractivity contribution in [3.63, 3.8) is 0 Å². The van der Waals surface area contributed by atoms with E-state index in [2.05, 4.69) is 20.8 Å². The van der Waals surface area contributed by atoms with Crippen LogP contribution in [0.15, 0.2) is 14.7 Å². The van der Waals surface area contributed by atoms with Crippen molar-refractivity contribution < 1.29 is 13.5 Å². The van der Waals surface area contributed by atoms with Crippen LogP contribution < -0.4 is 0 Å². The minimum Gasteiger partial charge on any atom is -0.391 e. The van der Waals surface area contributed by atoms with E-state index in [0.29, 0.717) is 27.8 Å². The molecule has 1 aromatic rings. The van der Waals surface area contributed by atoms with E-state index in [9.17, 15) is 8.42 Å². The van der Waals surface area contributed by atoms with Gasteiger partial charge >= 0.3 is 0 Å². The Morgan fingerprint density at radius 3 is 2.90 bits per heavy atom. The summed E-state index contributed by atoms with van der Waals surface area (Å²) in [5, 5.41) is 9.15. The molecule has 1 aromatic heterocycles. The van der Waals surface area contributed by atoms with Crippen molar-refractivity contribution >= 4 is 37.3 Å². The van der Waals surface area contributed by atoms with Crippen LogP contribution in [0, 0.1) is 0 Å². The van der Waals surface area contributed by atoms with Gasteiger partial charge in [0, 0.05) is 30.6 Å². The number of thiophene rings is 1. The molecule has 20 heavy (non-hydrogen) atoms. The Kier molecular flexibility index (Phi) is 4.22. The molecule has 0 bridgehead atoms. The molecule has 1 unspecified atom stereocenters. The summed E-state index contributed by atoms with van der Waals surface area (Å²) in [6.45, 7) is 2.91. The summed E-state index contributed by atoms with van der Waals surface area (Å²) in [5.74, 6) is 0. The summed E-state index contributed by atoms with van der Waals surface area (Å²) in [6, 6.07) is 1.94. The summed E-state index contributed by atoms with van der Waals surface area (Å²) >= 11 is 4.58. The molecule has 0 saturated carbocycles. The molecule has 3 heterocycles. The van der Waals surface area contributed by atoms with E-state index in [-0.39, 0.29) is 11.5 Å². The highest BCUT2D eigenvalue weighted by Crippen LogP contribution is 2.35. The van der Waals surface area contributed by atoms with E-state index in [1.165, 1.54) is 11.3 Å². The zero-order valence-corrected chi connectivity index (χ0v) is 14.2. The minimum absolute atomic E-state index is 0.130. The van der Waals surface area contributed by atoms with Gasteiger partial charge in [0.1, 0.15) is 4.90 Å². The Morgan fingerprint density at radius 1 is 1.40 bits per heavy atom. The van der Waals surface area contributed by atoms with Gasteiger partial charge in [0.15, 0.2) is 0 Å². The summed E-state index contributed by atoms with van der Waals surface area (Å²) < 4.78 is 27.6. The van der Waals surface area contributed by atoms with E-state index in [0.717, 1.165) is 25.9 Å². The van der Waals surface area contributed by atoms with Crippen LogP contribution in [0.25, 0.3) is 0 Å². The van der Waals surface area contributed by atoms with Crippen molar-refractivity contribution in [2.75, 3.05) is 26.2 Å². The molecule has 112 valence electrons. The van der Waals surface area contributed by atoms with Crippen LogP contribution >= 0.6 is 27.3 Å². The predicted octanol–water partition coefficient (Wildman–Crippen LogP) is 1.47. The number of halogens is 1. The number of rotatable bonds is 3. The van der Waals surface area contributed by atoms with Gasteiger partial charge in [0.2, 0.25) is 10.0 Å². The minimum atomic E-state index is -3.46. The Bertz CT molecular complexity index is 602. The Balaban J connectivity index is 1.86. The average molecular weight is 381 g/mol. The average Bonchev–Trinajstić information content (AvgIpc) is 3.03. The number of aliphatic hydroxyl groups excluding tert-OH is 1. The van der Waals surface area contributed by atoms with Crippen LogP contribution in [0.5, 0.6) is 0 Å². The monoisotopic (exact) mass is 380 g/mol. The topological polar surface area (TPSA) is 60.9 Å². The van der Waals surface area contributed by atoms with Gasteiger partial charge in [0.05, 0.1) is 10.4 Å². The number of hydrogen-bond acceptors (Lipinski definition) is 5. The van der Waals surface area contributed by atoms with Crippen LogP contribution in [0.4, 0.5) is 0 Å². The van der Waals surface area contributed by atoms with E-state index < -0.39 is 10.0 Å². The third-order valence-corrected chi connectivity index (χ3v) is 8.13. The summed E-state index contributed by atoms with van der Waals surface area (Å²) in [4.78, 5) is 3.33. The lowest BCUT2D eigenvalue weighted by atomic mass is 10.2. The number of fused-ring (bicyclic) bond motifs is 1. The Labute approximate surface area is 131 Å². The molecule has 2 fully saturated rings. The molecule has 2 aliphatic rings. The lowest BCUT2D eigenvalue weighted by Gasteiger charge is -2.36. The lowest BCUT2D eigenvalue weighted by Crippen LogP contribution is -2.51. The highest BCUT2D eigenvalue weighted by Gasteiger charge is 2.37. The fraction of sp³-hybridized carbons (Fsp3) is 0.667. The largest absolute Gasteiger partial charge is 0.391 e. The fourth-order valence-electron chi connectivity index (χ4n) is 2.97. The molecule has 3 rings (SSSR count). The first-order chi connectivity index (χ1) is 9.52. The predicted molar refractivity (Wildman–Crippen MR) is 81.3 cm³/mol. The van der Waals surface area contributed by atoms with E-state index in [1.807, 2.05) is 0 Å². The van der Waals surface area contributed by atoms with Gasteiger partial charge in [-0.15, -0.1) is 11.3 Å². The maximum Gasteiger partial charge on any atom is 0.245 e. The van der Waals surface area contributed by atoms with Gasteiger partial charge in [-0.2, -0.15) is 4.31 Å². The van der Waals surface area contributed by atoms with Gasteiger partial charge in [-0.1, -0.05) is 0 Å². The zero-order valence-electron chi connectivity index (χ0n) is 11.0. The third kappa shape index (κ3) is 2.57. The second kappa shape index (κ2) is 5.66. The number of nitrogens with zero attached hydrogens (tertiary/aromatic N) is 2. The zero-order chi connectivity index (χ0) is 14.3. The summed E-state index contributed by atoms with van der Waals surface area (Å²) in [7, 11) is -3.46. The Morgan fingerprint density at radius 2 is 2.20 bits per heavy atom. The van der Waals surface area contributed by atoms with Crippen molar-refractivity contribution in [3.8, 4) is 0 Å². The molecule has 0 aliphatic carbocycles. The standard InChI is InChI=1S/C12H17BrN2O3S2/c13-12-11(6-10(8-16)19-12)20(17,18)15-5-4-14-3-1-2-9(14)7-15/h6,9,16H,1-5,7-8H2. The molecule has 5 nitrogen and oxygen atoms in total. The summed E-state index contributed by atoms with van der Waals surface area (Å²) in [6.07, 6.45) is 2.24. The van der Waals surface area contributed by atoms with Crippen LogP contribution in [-0.2, 0) is 16.6 Å². The second-order valence-electron chi connectivity index (χ2n) is 5.20. The SMILES string of the molecule is O=S(=O)(c1cc(CO)sc1Br)N1CCN2CCCC2C1. The molecule has 0 spiro atoms. The molecule has 0 radical (unpaired) electrons. The smallest absolute Gasteiger partial charge is 0.245 e. The molecule has 0 amide bonds. The fourth-order valence-corrected chi connectivity index (χ4v) is 6.93. The summed E-state index contributed by atoms with van der Waals surface area (Å²) in [5.41, 5.74) is 0. The van der Waals surface area contributed by atoms with Crippen LogP contribution in [-0.4, -0.2) is 55.0 Å². The van der Waals surface area contributed by atoms with E-state index >= 15 is 0 Å². The maximum absolute atomic E-state index is 12.7. The van der Waals surface area contributed by atoms with Gasteiger partial charge in [-0.25, -0.2) is 8.42 Å². The molecule has 2 aliphatic heterocycles. The number of sulfonamides is 1. The van der Waals surface area contributed by atoms with Crippen molar-refractivity contribution in [2.45, 2.75) is 30.4 Å². The molecular weight excluding hydrogens is 364 g/mol. The van der Waals surface area contributed by atoms with E-state index in [4.69, 9.17) is 5.11 Å². The van der Waals surface area contributed by atoms with Gasteiger partial charge in [-0.3, -0.25) is 4.90 Å². The number of aliphatic hydroxyl groups is 1. The van der Waals surface area contributed by atoms with Gasteiger partial charge in [-0.05, 0) is 41.4 Å². The quantitative estimate of drug-likeness (QED) is 0.862. The number of hydrogen-bond donors (Lipinski definition) is 1. The van der Waals surface area contributed by atoms with Crippen LogP contribution in [0.2, 0.25) is 0 Å². The Hall–Kier alpha value is 0.01000. The molecule has 8 heteroatoms. The van der Waals surface area contributed by atoms with Crippen molar-refractivity contribution in [2.24, 2.45) is 0 Å². The van der Waals surface area contributed by atoms with Gasteiger partial charge in [0.25, 0.3) is 0 Å². The third-order valence-electron chi connectivity index (χ3n) is 4.03. The highest BCUT2D eigenvalue weighted by atomic mass is 79.9. The van der Waals surface area contributed by atoms with Crippen molar-refractivity contribution in [3.05, 3.63) is 14.7 Å².